The second-order valence-electron chi connectivity index (χ2n) is 5.70. The number of aryl methyl sites for hydroxylation is 2. The Morgan fingerprint density at radius 2 is 1.84 bits per heavy atom. The molecular weight excluding hydrogens is 380 g/mol. The fourth-order valence-corrected chi connectivity index (χ4v) is 2.63. The number of carbonyl (C=O) groups excluding carboxylic acids is 1. The molecule has 0 aliphatic heterocycles. The summed E-state index contributed by atoms with van der Waals surface area (Å²) >= 11 is 3.45. The Bertz CT molecular complexity index is 910. The Balaban J connectivity index is 1.68. The van der Waals surface area contributed by atoms with Crippen LogP contribution in [0.5, 0.6) is 0 Å². The van der Waals surface area contributed by atoms with Crippen LogP contribution in [0.15, 0.2) is 59.3 Å². The quantitative estimate of drug-likeness (QED) is 0.661. The zero-order valence-electron chi connectivity index (χ0n) is 13.9. The summed E-state index contributed by atoms with van der Waals surface area (Å²) in [5.74, 6) is 0.283. The molecule has 0 saturated carbocycles. The van der Waals surface area contributed by atoms with Gasteiger partial charge in [-0.05, 0) is 49.2 Å². The van der Waals surface area contributed by atoms with Gasteiger partial charge in [0.2, 0.25) is 0 Å². The van der Waals surface area contributed by atoms with Crippen molar-refractivity contribution in [3.63, 3.8) is 0 Å². The molecule has 6 heteroatoms. The van der Waals surface area contributed by atoms with Gasteiger partial charge in [-0.3, -0.25) is 4.79 Å². The van der Waals surface area contributed by atoms with E-state index >= 15 is 0 Å². The molecule has 0 saturated heterocycles. The average molecular weight is 397 g/mol. The zero-order chi connectivity index (χ0) is 17.8. The van der Waals surface area contributed by atoms with Gasteiger partial charge < -0.3 is 10.6 Å². The van der Waals surface area contributed by atoms with Crippen LogP contribution >= 0.6 is 15.9 Å². The molecule has 0 atom stereocenters. The number of carbonyl (C=O) groups is 1. The summed E-state index contributed by atoms with van der Waals surface area (Å²) < 4.78 is 0.939. The average Bonchev–Trinajstić information content (AvgIpc) is 2.59. The van der Waals surface area contributed by atoms with Gasteiger partial charge in [-0.2, -0.15) is 0 Å². The molecular formula is C19H17BrN4O. The Morgan fingerprint density at radius 3 is 2.52 bits per heavy atom. The van der Waals surface area contributed by atoms with Crippen LogP contribution in [0.1, 0.15) is 21.6 Å². The second-order valence-corrected chi connectivity index (χ2v) is 6.55. The molecule has 2 aromatic carbocycles. The summed E-state index contributed by atoms with van der Waals surface area (Å²) in [6.07, 6.45) is 3.00. The standard InChI is InChI=1S/C19H17BrN4O/c1-12-4-3-5-14(8-12)23-18-11-21-17(10-22-18)19(25)24-15-7-6-13(2)16(20)9-15/h3-11H,1-2H3,(H,22,23)(H,24,25). The van der Waals surface area contributed by atoms with Gasteiger partial charge in [-0.25, -0.2) is 9.97 Å². The van der Waals surface area contributed by atoms with E-state index in [0.29, 0.717) is 11.5 Å². The van der Waals surface area contributed by atoms with Crippen LogP contribution in [-0.2, 0) is 0 Å². The number of aromatic nitrogens is 2. The Morgan fingerprint density at radius 1 is 1.00 bits per heavy atom. The predicted octanol–water partition coefficient (Wildman–Crippen LogP) is 4.85. The molecule has 25 heavy (non-hydrogen) atoms. The molecule has 126 valence electrons. The predicted molar refractivity (Wildman–Crippen MR) is 103 cm³/mol. The molecule has 1 amide bonds. The molecule has 1 heterocycles. The van der Waals surface area contributed by atoms with Gasteiger partial charge in [0, 0.05) is 15.8 Å². The first-order chi connectivity index (χ1) is 12.0. The van der Waals surface area contributed by atoms with Crippen molar-refractivity contribution in [2.75, 3.05) is 10.6 Å². The van der Waals surface area contributed by atoms with E-state index in [1.807, 2.05) is 56.3 Å². The summed E-state index contributed by atoms with van der Waals surface area (Å²) in [4.78, 5) is 20.7. The van der Waals surface area contributed by atoms with Gasteiger partial charge >= 0.3 is 0 Å². The lowest BCUT2D eigenvalue weighted by Crippen LogP contribution is -2.14. The van der Waals surface area contributed by atoms with Gasteiger partial charge in [0.25, 0.3) is 5.91 Å². The van der Waals surface area contributed by atoms with Gasteiger partial charge in [0.05, 0.1) is 12.4 Å². The number of anilines is 3. The molecule has 2 N–H and O–H groups in total. The van der Waals surface area contributed by atoms with E-state index in [2.05, 4.69) is 36.5 Å². The lowest BCUT2D eigenvalue weighted by Gasteiger charge is -2.08. The normalized spacial score (nSPS) is 10.4. The zero-order valence-corrected chi connectivity index (χ0v) is 15.5. The highest BCUT2D eigenvalue weighted by molar-refractivity contribution is 9.10. The van der Waals surface area contributed by atoms with E-state index in [1.54, 1.807) is 6.20 Å². The minimum absolute atomic E-state index is 0.256. The van der Waals surface area contributed by atoms with Crippen LogP contribution in [0.3, 0.4) is 0 Å². The SMILES string of the molecule is Cc1cccc(Nc2cnc(C(=O)Nc3ccc(C)c(Br)c3)cn2)c1. The topological polar surface area (TPSA) is 66.9 Å². The number of benzene rings is 2. The molecule has 0 radical (unpaired) electrons. The third-order valence-electron chi connectivity index (χ3n) is 3.60. The molecule has 3 rings (SSSR count). The number of hydrogen-bond donors (Lipinski definition) is 2. The van der Waals surface area contributed by atoms with Crippen LogP contribution in [0.2, 0.25) is 0 Å². The first-order valence-corrected chi connectivity index (χ1v) is 8.54. The monoisotopic (exact) mass is 396 g/mol. The van der Waals surface area contributed by atoms with E-state index in [9.17, 15) is 4.79 Å². The summed E-state index contributed by atoms with van der Waals surface area (Å²) in [6, 6.07) is 13.6. The van der Waals surface area contributed by atoms with Crippen molar-refractivity contribution in [3.05, 3.63) is 76.2 Å². The van der Waals surface area contributed by atoms with Crippen molar-refractivity contribution in [1.82, 2.24) is 9.97 Å². The van der Waals surface area contributed by atoms with Gasteiger partial charge in [-0.1, -0.05) is 34.1 Å². The summed E-state index contributed by atoms with van der Waals surface area (Å²) in [7, 11) is 0. The van der Waals surface area contributed by atoms with Crippen molar-refractivity contribution in [1.29, 1.82) is 0 Å². The molecule has 0 spiro atoms. The summed E-state index contributed by atoms with van der Waals surface area (Å²) in [5.41, 5.74) is 4.14. The maximum absolute atomic E-state index is 12.3. The van der Waals surface area contributed by atoms with E-state index in [1.165, 1.54) is 6.20 Å². The summed E-state index contributed by atoms with van der Waals surface area (Å²) in [6.45, 7) is 4.01. The fourth-order valence-electron chi connectivity index (χ4n) is 2.25. The first kappa shape index (κ1) is 17.1. The van der Waals surface area contributed by atoms with Gasteiger partial charge in [-0.15, -0.1) is 0 Å². The molecule has 0 bridgehead atoms. The van der Waals surface area contributed by atoms with Crippen molar-refractivity contribution in [2.45, 2.75) is 13.8 Å². The lowest BCUT2D eigenvalue weighted by atomic mass is 10.2. The van der Waals surface area contributed by atoms with Crippen LogP contribution in [0.4, 0.5) is 17.2 Å². The third-order valence-corrected chi connectivity index (χ3v) is 4.46. The molecule has 0 unspecified atom stereocenters. The van der Waals surface area contributed by atoms with Gasteiger partial charge in [0.15, 0.2) is 0 Å². The van der Waals surface area contributed by atoms with E-state index in [0.717, 1.165) is 21.3 Å². The highest BCUT2D eigenvalue weighted by Gasteiger charge is 2.09. The van der Waals surface area contributed by atoms with Crippen molar-refractivity contribution in [2.24, 2.45) is 0 Å². The van der Waals surface area contributed by atoms with Crippen molar-refractivity contribution < 1.29 is 4.79 Å². The number of nitrogens with zero attached hydrogens (tertiary/aromatic N) is 2. The molecule has 5 nitrogen and oxygen atoms in total. The second kappa shape index (κ2) is 7.44. The minimum Gasteiger partial charge on any atom is -0.339 e. The Hall–Kier alpha value is -2.73. The lowest BCUT2D eigenvalue weighted by molar-refractivity contribution is 0.102. The molecule has 0 aliphatic carbocycles. The fraction of sp³-hybridized carbons (Fsp3) is 0.105. The van der Waals surface area contributed by atoms with Gasteiger partial charge in [0.1, 0.15) is 11.5 Å². The van der Waals surface area contributed by atoms with Crippen molar-refractivity contribution in [3.8, 4) is 0 Å². The third kappa shape index (κ3) is 4.42. The molecule has 3 aromatic rings. The number of rotatable bonds is 4. The Kier molecular flexibility index (Phi) is 5.09. The van der Waals surface area contributed by atoms with E-state index in [4.69, 9.17) is 0 Å². The van der Waals surface area contributed by atoms with E-state index < -0.39 is 0 Å². The highest BCUT2D eigenvalue weighted by Crippen LogP contribution is 2.21. The van der Waals surface area contributed by atoms with Crippen LogP contribution in [-0.4, -0.2) is 15.9 Å². The maximum atomic E-state index is 12.3. The van der Waals surface area contributed by atoms with Crippen LogP contribution in [0, 0.1) is 13.8 Å². The summed E-state index contributed by atoms with van der Waals surface area (Å²) in [5, 5.41) is 5.97. The first-order valence-electron chi connectivity index (χ1n) is 7.74. The molecule has 0 fully saturated rings. The van der Waals surface area contributed by atoms with Crippen molar-refractivity contribution >= 4 is 39.0 Å². The van der Waals surface area contributed by atoms with Crippen LogP contribution < -0.4 is 10.6 Å². The smallest absolute Gasteiger partial charge is 0.275 e. The number of hydrogen-bond acceptors (Lipinski definition) is 4. The number of amides is 1. The number of nitrogens with one attached hydrogen (secondary N) is 2. The molecule has 0 aliphatic rings. The largest absolute Gasteiger partial charge is 0.339 e. The Labute approximate surface area is 154 Å². The minimum atomic E-state index is -0.301. The van der Waals surface area contributed by atoms with E-state index in [-0.39, 0.29) is 11.6 Å². The molecule has 1 aromatic heterocycles. The maximum Gasteiger partial charge on any atom is 0.275 e. The highest BCUT2D eigenvalue weighted by atomic mass is 79.9. The van der Waals surface area contributed by atoms with Crippen LogP contribution in [0.25, 0.3) is 0 Å². The number of halogens is 1.